The van der Waals surface area contributed by atoms with E-state index in [9.17, 15) is 0 Å². The van der Waals surface area contributed by atoms with Crippen molar-refractivity contribution in [2.45, 2.75) is 19.6 Å². The van der Waals surface area contributed by atoms with Crippen molar-refractivity contribution in [3.63, 3.8) is 0 Å². The fraction of sp³-hybridized carbons (Fsp3) is 0.0857. The minimum Gasteiger partial charge on any atom is -0.309 e. The molecule has 0 fully saturated rings. The predicted octanol–water partition coefficient (Wildman–Crippen LogP) is 9.11. The molecule has 2 aromatic heterocycles. The van der Waals surface area contributed by atoms with Crippen molar-refractivity contribution >= 4 is 51.7 Å². The molecule has 7 aromatic rings. The Hall–Kier alpha value is -4.52. The van der Waals surface area contributed by atoms with E-state index in [0.29, 0.717) is 0 Å². The number of hydrogen-bond acceptors (Lipinski definition) is 0. The standard InChI is InChI=1S/C35H28N2Si/c1-38(2,3)23-22-25-16-21-35-31(24-25)30-12-6-9-15-34(30)37(35)27-19-17-26(18-20-27)36-32-13-7-4-10-28(32)29-11-5-8-14-33(29)36/h4-21,24H,1-3H3. The second-order valence-corrected chi connectivity index (χ2v) is 15.7. The zero-order chi connectivity index (χ0) is 25.9. The van der Waals surface area contributed by atoms with E-state index in [2.05, 4.69) is 156 Å². The van der Waals surface area contributed by atoms with E-state index < -0.39 is 8.07 Å². The molecule has 182 valence electrons. The largest absolute Gasteiger partial charge is 0.309 e. The Labute approximate surface area is 223 Å². The highest BCUT2D eigenvalue weighted by molar-refractivity contribution is 6.83. The summed E-state index contributed by atoms with van der Waals surface area (Å²) in [5.41, 5.74) is 11.8. The van der Waals surface area contributed by atoms with Crippen LogP contribution in [0.3, 0.4) is 0 Å². The molecule has 0 aliphatic rings. The highest BCUT2D eigenvalue weighted by atomic mass is 28.3. The Morgan fingerprint density at radius 2 is 0.895 bits per heavy atom. The minimum atomic E-state index is -1.44. The van der Waals surface area contributed by atoms with Gasteiger partial charge in [0, 0.05) is 38.5 Å². The summed E-state index contributed by atoms with van der Waals surface area (Å²) in [4.78, 5) is 0. The van der Waals surface area contributed by atoms with Crippen molar-refractivity contribution in [1.82, 2.24) is 9.13 Å². The van der Waals surface area contributed by atoms with Crippen LogP contribution in [0.1, 0.15) is 5.56 Å². The third-order valence-electron chi connectivity index (χ3n) is 7.20. The fourth-order valence-electron chi connectivity index (χ4n) is 5.54. The van der Waals surface area contributed by atoms with Gasteiger partial charge in [-0.1, -0.05) is 80.2 Å². The van der Waals surface area contributed by atoms with E-state index in [4.69, 9.17) is 0 Å². The van der Waals surface area contributed by atoms with Crippen LogP contribution < -0.4 is 0 Å². The van der Waals surface area contributed by atoms with Crippen LogP contribution in [0.15, 0.2) is 115 Å². The molecule has 0 N–H and O–H groups in total. The van der Waals surface area contributed by atoms with Gasteiger partial charge in [0.1, 0.15) is 8.07 Å². The Morgan fingerprint density at radius 1 is 0.474 bits per heavy atom. The molecule has 0 amide bonds. The lowest BCUT2D eigenvalue weighted by Crippen LogP contribution is -2.16. The lowest BCUT2D eigenvalue weighted by Gasteiger charge is -2.11. The molecule has 0 spiro atoms. The molecule has 0 atom stereocenters. The van der Waals surface area contributed by atoms with E-state index in [1.165, 1.54) is 43.6 Å². The highest BCUT2D eigenvalue weighted by Gasteiger charge is 2.15. The SMILES string of the molecule is C[Si](C)(C)C#Cc1ccc2c(c1)c1ccccc1n2-c1ccc(-n2c3ccccc3c3ccccc32)cc1. The number of hydrogen-bond donors (Lipinski definition) is 0. The Morgan fingerprint density at radius 3 is 1.37 bits per heavy atom. The van der Waals surface area contributed by atoms with Gasteiger partial charge in [-0.2, -0.15) is 0 Å². The van der Waals surface area contributed by atoms with Gasteiger partial charge in [-0.05, 0) is 60.7 Å². The van der Waals surface area contributed by atoms with Gasteiger partial charge >= 0.3 is 0 Å². The summed E-state index contributed by atoms with van der Waals surface area (Å²) in [6.45, 7) is 6.86. The molecule has 5 aromatic carbocycles. The lowest BCUT2D eigenvalue weighted by atomic mass is 10.1. The van der Waals surface area contributed by atoms with Crippen molar-refractivity contribution in [3.8, 4) is 22.8 Å². The maximum absolute atomic E-state index is 3.51. The van der Waals surface area contributed by atoms with Gasteiger partial charge in [-0.25, -0.2) is 0 Å². The third kappa shape index (κ3) is 3.65. The molecule has 2 heterocycles. The quantitative estimate of drug-likeness (QED) is 0.164. The molecule has 3 heteroatoms. The van der Waals surface area contributed by atoms with Crippen LogP contribution in [0.4, 0.5) is 0 Å². The van der Waals surface area contributed by atoms with E-state index in [1.54, 1.807) is 0 Å². The average molecular weight is 505 g/mol. The maximum Gasteiger partial charge on any atom is 0.129 e. The first-order valence-electron chi connectivity index (χ1n) is 13.1. The van der Waals surface area contributed by atoms with Gasteiger partial charge in [0.05, 0.1) is 22.1 Å². The van der Waals surface area contributed by atoms with Crippen molar-refractivity contribution in [1.29, 1.82) is 0 Å². The van der Waals surface area contributed by atoms with Crippen molar-refractivity contribution in [2.75, 3.05) is 0 Å². The van der Waals surface area contributed by atoms with Gasteiger partial charge in [0.15, 0.2) is 0 Å². The van der Waals surface area contributed by atoms with Crippen LogP contribution in [0, 0.1) is 11.5 Å². The molecular formula is C35H28N2Si. The number of aromatic nitrogens is 2. The molecule has 7 rings (SSSR count). The fourth-order valence-corrected chi connectivity index (χ4v) is 6.06. The van der Waals surface area contributed by atoms with Gasteiger partial charge in [-0.3, -0.25) is 0 Å². The van der Waals surface area contributed by atoms with Crippen molar-refractivity contribution in [3.05, 3.63) is 121 Å². The molecule has 0 radical (unpaired) electrons. The average Bonchev–Trinajstić information content (AvgIpc) is 3.44. The smallest absolute Gasteiger partial charge is 0.129 e. The van der Waals surface area contributed by atoms with Gasteiger partial charge in [-0.15, -0.1) is 5.54 Å². The van der Waals surface area contributed by atoms with Crippen LogP contribution in [0.5, 0.6) is 0 Å². The molecule has 0 bridgehead atoms. The molecule has 0 aliphatic carbocycles. The molecule has 0 unspecified atom stereocenters. The first-order valence-corrected chi connectivity index (χ1v) is 16.6. The molecule has 38 heavy (non-hydrogen) atoms. The van der Waals surface area contributed by atoms with E-state index in [-0.39, 0.29) is 0 Å². The van der Waals surface area contributed by atoms with Gasteiger partial charge in [0.25, 0.3) is 0 Å². The molecule has 0 aliphatic heterocycles. The van der Waals surface area contributed by atoms with E-state index in [0.717, 1.165) is 16.9 Å². The van der Waals surface area contributed by atoms with E-state index >= 15 is 0 Å². The van der Waals surface area contributed by atoms with Gasteiger partial charge < -0.3 is 9.13 Å². The number of nitrogens with zero attached hydrogens (tertiary/aromatic N) is 2. The normalized spacial score (nSPS) is 11.9. The monoisotopic (exact) mass is 504 g/mol. The number of rotatable bonds is 2. The van der Waals surface area contributed by atoms with Crippen LogP contribution in [0.25, 0.3) is 55.0 Å². The summed E-state index contributed by atoms with van der Waals surface area (Å²) in [6.07, 6.45) is 0. The Bertz CT molecular complexity index is 2000. The maximum atomic E-state index is 3.51. The third-order valence-corrected chi connectivity index (χ3v) is 8.08. The van der Waals surface area contributed by atoms with E-state index in [1.807, 2.05) is 0 Å². The summed E-state index contributed by atoms with van der Waals surface area (Å²) in [5.74, 6) is 3.44. The second kappa shape index (κ2) is 8.51. The zero-order valence-corrected chi connectivity index (χ0v) is 22.9. The topological polar surface area (TPSA) is 9.86 Å². The Kier molecular flexibility index (Phi) is 5.08. The van der Waals surface area contributed by atoms with Crippen molar-refractivity contribution < 1.29 is 0 Å². The van der Waals surface area contributed by atoms with Crippen LogP contribution >= 0.6 is 0 Å². The van der Waals surface area contributed by atoms with Crippen LogP contribution in [-0.4, -0.2) is 17.2 Å². The van der Waals surface area contributed by atoms with Crippen LogP contribution in [-0.2, 0) is 0 Å². The first kappa shape index (κ1) is 22.7. The summed E-state index contributed by atoms with van der Waals surface area (Å²) in [6, 6.07) is 41.6. The molecule has 0 saturated heterocycles. The second-order valence-electron chi connectivity index (χ2n) is 11.0. The molecule has 2 nitrogen and oxygen atoms in total. The summed E-state index contributed by atoms with van der Waals surface area (Å²) < 4.78 is 4.74. The van der Waals surface area contributed by atoms with Crippen LogP contribution in [0.2, 0.25) is 19.6 Å². The highest BCUT2D eigenvalue weighted by Crippen LogP contribution is 2.35. The minimum absolute atomic E-state index is 1.09. The number of benzene rings is 5. The summed E-state index contributed by atoms with van der Waals surface area (Å²) in [5, 5.41) is 5.06. The predicted molar refractivity (Wildman–Crippen MR) is 165 cm³/mol. The number of para-hydroxylation sites is 3. The Balaban J connectivity index is 1.40. The molecular weight excluding hydrogens is 476 g/mol. The first-order chi connectivity index (χ1) is 18.5. The lowest BCUT2D eigenvalue weighted by molar-refractivity contribution is 1.14. The number of fused-ring (bicyclic) bond motifs is 6. The molecule has 0 saturated carbocycles. The van der Waals surface area contributed by atoms with Crippen molar-refractivity contribution in [2.24, 2.45) is 0 Å². The summed E-state index contributed by atoms with van der Waals surface area (Å²) in [7, 11) is -1.44. The zero-order valence-electron chi connectivity index (χ0n) is 21.9. The van der Waals surface area contributed by atoms with Gasteiger partial charge in [0.2, 0.25) is 0 Å². The summed E-state index contributed by atoms with van der Waals surface area (Å²) >= 11 is 0.